The third-order valence-electron chi connectivity index (χ3n) is 3.68. The number of phenols is 1. The smallest absolute Gasteiger partial charge is 0.123 e. The summed E-state index contributed by atoms with van der Waals surface area (Å²) in [6.07, 6.45) is 3.29. The fourth-order valence-corrected chi connectivity index (χ4v) is 2.55. The molecule has 1 saturated carbocycles. The van der Waals surface area contributed by atoms with E-state index in [0.717, 1.165) is 23.6 Å². The van der Waals surface area contributed by atoms with E-state index in [1.54, 1.807) is 6.07 Å². The molecule has 3 N–H and O–H groups in total. The third-order valence-corrected chi connectivity index (χ3v) is 3.68. The highest BCUT2D eigenvalue weighted by Crippen LogP contribution is 2.42. The largest absolute Gasteiger partial charge is 0.507 e. The van der Waals surface area contributed by atoms with Crippen LogP contribution in [-0.4, -0.2) is 5.11 Å². The van der Waals surface area contributed by atoms with Crippen LogP contribution in [0.4, 0.5) is 0 Å². The molecule has 0 spiro atoms. The van der Waals surface area contributed by atoms with Crippen LogP contribution in [0.2, 0.25) is 0 Å². The monoisotopic (exact) mass is 213 g/mol. The number of hydrogen-bond donors (Lipinski definition) is 2. The Morgan fingerprint density at radius 3 is 2.38 bits per heavy atom. The fourth-order valence-electron chi connectivity index (χ4n) is 2.55. The molecule has 0 bridgehead atoms. The van der Waals surface area contributed by atoms with Crippen molar-refractivity contribution in [2.75, 3.05) is 0 Å². The number of hydrogen-bond acceptors (Lipinski definition) is 2. The summed E-state index contributed by atoms with van der Waals surface area (Å²) in [6, 6.07) is 11.6. The molecule has 0 unspecified atom stereocenters. The summed E-state index contributed by atoms with van der Waals surface area (Å²) in [7, 11) is 0. The maximum absolute atomic E-state index is 9.81. The molecule has 82 valence electrons. The van der Waals surface area contributed by atoms with Gasteiger partial charge in [-0.05, 0) is 36.3 Å². The van der Waals surface area contributed by atoms with Gasteiger partial charge in [0.25, 0.3) is 0 Å². The normalized spacial score (nSPS) is 18.3. The van der Waals surface area contributed by atoms with Crippen molar-refractivity contribution < 1.29 is 5.11 Å². The Labute approximate surface area is 94.7 Å². The zero-order chi connectivity index (χ0) is 11.2. The van der Waals surface area contributed by atoms with Crippen molar-refractivity contribution in [1.82, 2.24) is 0 Å². The van der Waals surface area contributed by atoms with Crippen molar-refractivity contribution >= 4 is 10.8 Å². The van der Waals surface area contributed by atoms with E-state index in [2.05, 4.69) is 6.07 Å². The van der Waals surface area contributed by atoms with Gasteiger partial charge in [0.15, 0.2) is 0 Å². The van der Waals surface area contributed by atoms with E-state index < -0.39 is 0 Å². The summed E-state index contributed by atoms with van der Waals surface area (Å²) in [5, 5.41) is 11.8. The van der Waals surface area contributed by atoms with Crippen LogP contribution in [0, 0.1) is 0 Å². The van der Waals surface area contributed by atoms with Crippen LogP contribution in [0.1, 0.15) is 24.8 Å². The maximum Gasteiger partial charge on any atom is 0.123 e. The van der Waals surface area contributed by atoms with Gasteiger partial charge in [-0.2, -0.15) is 0 Å². The lowest BCUT2D eigenvalue weighted by atomic mass is 9.71. The third kappa shape index (κ3) is 1.23. The van der Waals surface area contributed by atoms with Gasteiger partial charge in [-0.1, -0.05) is 30.3 Å². The lowest BCUT2D eigenvalue weighted by Crippen LogP contribution is -2.43. The highest BCUT2D eigenvalue weighted by molar-refractivity contribution is 5.91. The molecule has 16 heavy (non-hydrogen) atoms. The summed E-state index contributed by atoms with van der Waals surface area (Å²) >= 11 is 0. The summed E-state index contributed by atoms with van der Waals surface area (Å²) in [5.41, 5.74) is 7.36. The number of fused-ring (bicyclic) bond motifs is 1. The molecule has 0 aliphatic heterocycles. The van der Waals surface area contributed by atoms with Crippen molar-refractivity contribution in [2.45, 2.75) is 24.8 Å². The number of rotatable bonds is 1. The molecule has 0 aromatic heterocycles. The second-order valence-corrected chi connectivity index (χ2v) is 4.69. The predicted molar refractivity (Wildman–Crippen MR) is 65.3 cm³/mol. The van der Waals surface area contributed by atoms with Crippen molar-refractivity contribution in [3.63, 3.8) is 0 Å². The van der Waals surface area contributed by atoms with E-state index in [0.29, 0.717) is 5.75 Å². The van der Waals surface area contributed by atoms with Gasteiger partial charge in [0.05, 0.1) is 0 Å². The summed E-state index contributed by atoms with van der Waals surface area (Å²) in [4.78, 5) is 0. The molecule has 2 aromatic carbocycles. The fraction of sp³-hybridized carbons (Fsp3) is 0.286. The number of benzene rings is 2. The number of phenolic OH excluding ortho intramolecular Hbond substituents is 1. The molecule has 1 aliphatic rings. The molecule has 1 fully saturated rings. The van der Waals surface area contributed by atoms with E-state index in [1.807, 2.05) is 24.3 Å². The van der Waals surface area contributed by atoms with Gasteiger partial charge in [0.2, 0.25) is 0 Å². The Morgan fingerprint density at radius 1 is 1.00 bits per heavy atom. The van der Waals surface area contributed by atoms with Crippen LogP contribution < -0.4 is 5.73 Å². The Morgan fingerprint density at radius 2 is 1.69 bits per heavy atom. The van der Waals surface area contributed by atoms with Crippen molar-refractivity contribution in [2.24, 2.45) is 5.73 Å². The molecule has 1 aliphatic carbocycles. The van der Waals surface area contributed by atoms with Gasteiger partial charge in [0, 0.05) is 10.9 Å². The van der Waals surface area contributed by atoms with Crippen LogP contribution in [0.15, 0.2) is 36.4 Å². The number of aromatic hydroxyl groups is 1. The van der Waals surface area contributed by atoms with E-state index in [4.69, 9.17) is 5.73 Å². The Balaban J connectivity index is 2.29. The molecule has 3 rings (SSSR count). The second-order valence-electron chi connectivity index (χ2n) is 4.69. The molecular formula is C14H15NO. The standard InChI is InChI=1S/C14H15NO/c15-14(8-3-9-14)12-6-1-5-11-10(12)4-2-7-13(11)16/h1-2,4-7,16H,3,8-9,15H2. The molecule has 0 radical (unpaired) electrons. The zero-order valence-electron chi connectivity index (χ0n) is 9.11. The molecule has 0 heterocycles. The first-order chi connectivity index (χ1) is 7.71. The van der Waals surface area contributed by atoms with E-state index in [9.17, 15) is 5.11 Å². The highest BCUT2D eigenvalue weighted by atomic mass is 16.3. The van der Waals surface area contributed by atoms with E-state index in [1.165, 1.54) is 12.0 Å². The average molecular weight is 213 g/mol. The topological polar surface area (TPSA) is 46.2 Å². The summed E-state index contributed by atoms with van der Waals surface area (Å²) in [6.45, 7) is 0. The lowest BCUT2D eigenvalue weighted by molar-refractivity contribution is 0.256. The Hall–Kier alpha value is -1.54. The van der Waals surface area contributed by atoms with Crippen LogP contribution in [0.25, 0.3) is 10.8 Å². The molecule has 2 aromatic rings. The second kappa shape index (κ2) is 3.22. The van der Waals surface area contributed by atoms with Gasteiger partial charge in [-0.3, -0.25) is 0 Å². The van der Waals surface area contributed by atoms with Crippen molar-refractivity contribution in [3.8, 4) is 5.75 Å². The van der Waals surface area contributed by atoms with Crippen LogP contribution in [-0.2, 0) is 5.54 Å². The molecule has 0 saturated heterocycles. The minimum Gasteiger partial charge on any atom is -0.507 e. The predicted octanol–water partition coefficient (Wildman–Crippen LogP) is 2.88. The molecule has 2 nitrogen and oxygen atoms in total. The van der Waals surface area contributed by atoms with Crippen LogP contribution in [0.3, 0.4) is 0 Å². The average Bonchev–Trinajstić information content (AvgIpc) is 2.26. The van der Waals surface area contributed by atoms with Crippen LogP contribution >= 0.6 is 0 Å². The van der Waals surface area contributed by atoms with Gasteiger partial charge >= 0.3 is 0 Å². The van der Waals surface area contributed by atoms with Gasteiger partial charge in [-0.15, -0.1) is 0 Å². The quantitative estimate of drug-likeness (QED) is 0.765. The number of nitrogens with two attached hydrogens (primary N) is 1. The van der Waals surface area contributed by atoms with E-state index in [-0.39, 0.29) is 5.54 Å². The molecule has 0 amide bonds. The molecule has 2 heteroatoms. The SMILES string of the molecule is NC1(c2cccc3c(O)cccc23)CCC1. The first-order valence-corrected chi connectivity index (χ1v) is 5.71. The molecular weight excluding hydrogens is 198 g/mol. The van der Waals surface area contributed by atoms with E-state index >= 15 is 0 Å². The lowest BCUT2D eigenvalue weighted by Gasteiger charge is -2.39. The van der Waals surface area contributed by atoms with Crippen LogP contribution in [0.5, 0.6) is 5.75 Å². The maximum atomic E-state index is 9.81. The minimum absolute atomic E-state index is 0.173. The van der Waals surface area contributed by atoms with Crippen molar-refractivity contribution in [3.05, 3.63) is 42.0 Å². The van der Waals surface area contributed by atoms with Gasteiger partial charge in [-0.25, -0.2) is 0 Å². The highest BCUT2D eigenvalue weighted by Gasteiger charge is 2.35. The Bertz CT molecular complexity index is 543. The van der Waals surface area contributed by atoms with Crippen molar-refractivity contribution in [1.29, 1.82) is 0 Å². The van der Waals surface area contributed by atoms with Gasteiger partial charge < -0.3 is 10.8 Å². The van der Waals surface area contributed by atoms with Gasteiger partial charge in [0.1, 0.15) is 5.75 Å². The first-order valence-electron chi connectivity index (χ1n) is 5.71. The first kappa shape index (κ1) is 9.67. The summed E-state index contributed by atoms with van der Waals surface area (Å²) in [5.74, 6) is 0.335. The summed E-state index contributed by atoms with van der Waals surface area (Å²) < 4.78 is 0. The molecule has 0 atom stereocenters. The zero-order valence-corrected chi connectivity index (χ0v) is 9.11. The Kier molecular flexibility index (Phi) is 1.95. The minimum atomic E-state index is -0.173.